The van der Waals surface area contributed by atoms with Gasteiger partial charge in [-0.25, -0.2) is 12.8 Å². The SMILES string of the molecule is C#Cc1cc(CNC(=O)/C=C/c2cnc(C(C)(C)C)cc2C(F)(F)F)cc(F)c1NS(C)(=O)=O. The first-order valence-corrected chi connectivity index (χ1v) is 11.7. The first-order chi connectivity index (χ1) is 15.5. The molecule has 0 aliphatic heterocycles. The maximum atomic E-state index is 14.3. The molecule has 0 spiro atoms. The molecule has 2 rings (SSSR count). The zero-order valence-corrected chi connectivity index (χ0v) is 19.7. The fourth-order valence-corrected chi connectivity index (χ4v) is 3.41. The van der Waals surface area contributed by atoms with Crippen molar-refractivity contribution < 1.29 is 30.8 Å². The van der Waals surface area contributed by atoms with Crippen molar-refractivity contribution >= 4 is 27.7 Å². The number of amides is 1. The van der Waals surface area contributed by atoms with Gasteiger partial charge in [0.1, 0.15) is 5.82 Å². The number of terminal acetylenes is 1. The number of aromatic nitrogens is 1. The topological polar surface area (TPSA) is 88.2 Å². The molecule has 2 N–H and O–H groups in total. The Morgan fingerprint density at radius 3 is 2.38 bits per heavy atom. The number of pyridine rings is 1. The second-order valence-electron chi connectivity index (χ2n) is 8.47. The van der Waals surface area contributed by atoms with E-state index in [2.05, 4.69) is 16.2 Å². The van der Waals surface area contributed by atoms with Crippen LogP contribution in [0.1, 0.15) is 48.7 Å². The highest BCUT2D eigenvalue weighted by atomic mass is 32.2. The molecule has 0 aliphatic carbocycles. The molecule has 11 heteroatoms. The third kappa shape index (κ3) is 7.31. The van der Waals surface area contributed by atoms with Gasteiger partial charge >= 0.3 is 6.18 Å². The lowest BCUT2D eigenvalue weighted by atomic mass is 9.90. The van der Waals surface area contributed by atoms with E-state index in [1.807, 2.05) is 4.72 Å². The smallest absolute Gasteiger partial charge is 0.348 e. The summed E-state index contributed by atoms with van der Waals surface area (Å²) in [6.45, 7) is 4.99. The molecule has 0 saturated carbocycles. The Balaban J connectivity index is 2.21. The van der Waals surface area contributed by atoms with Crippen LogP contribution in [0.15, 0.2) is 30.5 Å². The minimum absolute atomic E-state index is 0.0787. The molecule has 0 unspecified atom stereocenters. The summed E-state index contributed by atoms with van der Waals surface area (Å²) in [6.07, 6.45) is 4.45. The summed E-state index contributed by atoms with van der Waals surface area (Å²) >= 11 is 0. The number of nitrogens with one attached hydrogen (secondary N) is 2. The van der Waals surface area contributed by atoms with Crippen molar-refractivity contribution in [2.75, 3.05) is 11.0 Å². The molecule has 0 saturated heterocycles. The molecule has 0 radical (unpaired) electrons. The highest BCUT2D eigenvalue weighted by Crippen LogP contribution is 2.35. The van der Waals surface area contributed by atoms with Gasteiger partial charge in [0, 0.05) is 35.5 Å². The van der Waals surface area contributed by atoms with Gasteiger partial charge < -0.3 is 5.32 Å². The molecule has 0 bridgehead atoms. The van der Waals surface area contributed by atoms with E-state index in [4.69, 9.17) is 6.42 Å². The lowest BCUT2D eigenvalue weighted by Gasteiger charge is -2.20. The average Bonchev–Trinajstić information content (AvgIpc) is 2.69. The third-order valence-corrected chi connectivity index (χ3v) is 5.06. The third-order valence-electron chi connectivity index (χ3n) is 4.48. The van der Waals surface area contributed by atoms with Crippen molar-refractivity contribution in [3.63, 3.8) is 0 Å². The Morgan fingerprint density at radius 1 is 1.21 bits per heavy atom. The van der Waals surface area contributed by atoms with E-state index in [9.17, 15) is 30.8 Å². The maximum absolute atomic E-state index is 14.3. The van der Waals surface area contributed by atoms with Crippen molar-refractivity contribution in [3.05, 3.63) is 64.2 Å². The lowest BCUT2D eigenvalue weighted by Crippen LogP contribution is -2.21. The zero-order valence-electron chi connectivity index (χ0n) is 18.8. The van der Waals surface area contributed by atoms with Gasteiger partial charge in [0.25, 0.3) is 0 Å². The molecule has 1 aromatic heterocycles. The molecule has 0 aliphatic rings. The quantitative estimate of drug-likeness (QED) is 0.355. The van der Waals surface area contributed by atoms with Crippen LogP contribution >= 0.6 is 0 Å². The van der Waals surface area contributed by atoms with Crippen LogP contribution in [-0.4, -0.2) is 25.6 Å². The van der Waals surface area contributed by atoms with Gasteiger partial charge in [-0.3, -0.25) is 14.5 Å². The van der Waals surface area contributed by atoms with Gasteiger partial charge in [-0.1, -0.05) is 26.7 Å². The number of nitrogens with zero attached hydrogens (tertiary/aromatic N) is 1. The van der Waals surface area contributed by atoms with Crippen molar-refractivity contribution in [2.24, 2.45) is 0 Å². The molecular weight excluding hydrogens is 474 g/mol. The van der Waals surface area contributed by atoms with Gasteiger partial charge in [0.15, 0.2) is 0 Å². The van der Waals surface area contributed by atoms with E-state index in [0.29, 0.717) is 0 Å². The molecule has 182 valence electrons. The van der Waals surface area contributed by atoms with E-state index in [-0.39, 0.29) is 28.9 Å². The average molecular weight is 498 g/mol. The van der Waals surface area contributed by atoms with Crippen LogP contribution in [0.25, 0.3) is 6.08 Å². The fraction of sp³-hybridized carbons (Fsp3) is 0.304. The molecule has 2 aromatic rings. The van der Waals surface area contributed by atoms with E-state index in [0.717, 1.165) is 36.7 Å². The highest BCUT2D eigenvalue weighted by molar-refractivity contribution is 7.92. The molecule has 1 heterocycles. The summed E-state index contributed by atoms with van der Waals surface area (Å²) in [5, 5.41) is 2.41. The Hall–Kier alpha value is -3.39. The molecular formula is C23H23F4N3O3S. The molecule has 0 fully saturated rings. The van der Waals surface area contributed by atoms with Crippen LogP contribution in [0.3, 0.4) is 0 Å². The summed E-state index contributed by atoms with van der Waals surface area (Å²) < 4.78 is 79.6. The minimum Gasteiger partial charge on any atom is -0.348 e. The van der Waals surface area contributed by atoms with Gasteiger partial charge in [-0.05, 0) is 29.8 Å². The number of benzene rings is 1. The van der Waals surface area contributed by atoms with Gasteiger partial charge in [0.2, 0.25) is 15.9 Å². The van der Waals surface area contributed by atoms with Crippen molar-refractivity contribution in [2.45, 2.75) is 38.9 Å². The van der Waals surface area contributed by atoms with Crippen LogP contribution in [-0.2, 0) is 33.0 Å². The van der Waals surface area contributed by atoms with Crippen LogP contribution < -0.4 is 10.0 Å². The standard InChI is InChI=1S/C23H23F4N3O3S/c1-6-15-9-14(10-18(24)21(15)30-34(5,32)33)12-29-20(31)8-7-16-13-28-19(22(2,3)4)11-17(16)23(25,26)27/h1,7-11,13,30H,12H2,2-5H3,(H,29,31)/b8-7+. The van der Waals surface area contributed by atoms with Gasteiger partial charge in [-0.15, -0.1) is 6.42 Å². The molecule has 6 nitrogen and oxygen atoms in total. The van der Waals surface area contributed by atoms with E-state index in [1.54, 1.807) is 20.8 Å². The molecule has 0 atom stereocenters. The molecule has 1 aromatic carbocycles. The Kier molecular flexibility index (Phi) is 7.78. The predicted molar refractivity (Wildman–Crippen MR) is 122 cm³/mol. The Morgan fingerprint density at radius 2 is 1.85 bits per heavy atom. The van der Waals surface area contributed by atoms with E-state index in [1.165, 1.54) is 6.07 Å². The number of hydrogen-bond donors (Lipinski definition) is 2. The first-order valence-electron chi connectivity index (χ1n) is 9.81. The van der Waals surface area contributed by atoms with Crippen molar-refractivity contribution in [1.82, 2.24) is 10.3 Å². The zero-order chi connectivity index (χ0) is 25.9. The number of alkyl halides is 3. The number of carbonyl (C=O) groups excluding carboxylic acids is 1. The summed E-state index contributed by atoms with van der Waals surface area (Å²) in [5.74, 6) is 0.476. The van der Waals surface area contributed by atoms with Gasteiger partial charge in [-0.2, -0.15) is 13.2 Å². The van der Waals surface area contributed by atoms with E-state index < -0.39 is 44.6 Å². The van der Waals surface area contributed by atoms with Gasteiger partial charge in [0.05, 0.1) is 23.1 Å². The summed E-state index contributed by atoms with van der Waals surface area (Å²) in [4.78, 5) is 16.2. The van der Waals surface area contributed by atoms with Crippen LogP contribution in [0.5, 0.6) is 0 Å². The Labute approximate surface area is 195 Å². The van der Waals surface area contributed by atoms with Crippen LogP contribution in [0.2, 0.25) is 0 Å². The summed E-state index contributed by atoms with van der Waals surface area (Å²) in [6, 6.07) is 3.24. The number of rotatable bonds is 6. The number of halogens is 4. The van der Waals surface area contributed by atoms with Crippen LogP contribution in [0.4, 0.5) is 23.2 Å². The largest absolute Gasteiger partial charge is 0.417 e. The highest BCUT2D eigenvalue weighted by Gasteiger charge is 2.34. The number of hydrogen-bond acceptors (Lipinski definition) is 4. The number of sulfonamides is 1. The fourth-order valence-electron chi connectivity index (χ4n) is 2.84. The normalized spacial score (nSPS) is 12.4. The monoisotopic (exact) mass is 497 g/mol. The van der Waals surface area contributed by atoms with E-state index >= 15 is 0 Å². The second kappa shape index (κ2) is 9.85. The minimum atomic E-state index is -4.65. The molecule has 34 heavy (non-hydrogen) atoms. The first kappa shape index (κ1) is 26.9. The maximum Gasteiger partial charge on any atom is 0.417 e. The second-order valence-corrected chi connectivity index (χ2v) is 10.2. The summed E-state index contributed by atoms with van der Waals surface area (Å²) in [5.41, 5.74) is -1.81. The summed E-state index contributed by atoms with van der Waals surface area (Å²) in [7, 11) is -3.78. The van der Waals surface area contributed by atoms with Crippen LogP contribution in [0, 0.1) is 18.2 Å². The van der Waals surface area contributed by atoms with Crippen molar-refractivity contribution in [3.8, 4) is 12.3 Å². The molecule has 1 amide bonds. The lowest BCUT2D eigenvalue weighted by molar-refractivity contribution is -0.137. The predicted octanol–water partition coefficient (Wildman–Crippen LogP) is 4.22. The Bertz CT molecular complexity index is 1270. The number of anilines is 1. The van der Waals surface area contributed by atoms with Crippen molar-refractivity contribution in [1.29, 1.82) is 0 Å². The number of carbonyl (C=O) groups is 1.